The lowest BCUT2D eigenvalue weighted by molar-refractivity contribution is -0.130. The predicted octanol–water partition coefficient (Wildman–Crippen LogP) is 2.12. The van der Waals surface area contributed by atoms with Gasteiger partial charge >= 0.3 is 0 Å². The van der Waals surface area contributed by atoms with E-state index >= 15 is 0 Å². The van der Waals surface area contributed by atoms with Crippen molar-refractivity contribution >= 4 is 17.4 Å². The largest absolute Gasteiger partial charge is 0.493 e. The summed E-state index contributed by atoms with van der Waals surface area (Å²) in [5.74, 6) is 1.21. The number of ether oxygens (including phenoxy) is 2. The fraction of sp³-hybridized carbons (Fsp3) is 0.263. The van der Waals surface area contributed by atoms with Gasteiger partial charge in [-0.2, -0.15) is 0 Å². The lowest BCUT2D eigenvalue weighted by Crippen LogP contribution is -2.37. The van der Waals surface area contributed by atoms with Crippen LogP contribution in [-0.4, -0.2) is 37.4 Å². The van der Waals surface area contributed by atoms with Crippen LogP contribution in [0.4, 0.5) is 0 Å². The highest BCUT2D eigenvalue weighted by Crippen LogP contribution is 2.46. The fourth-order valence-corrected chi connectivity index (χ4v) is 3.54. The molecular formula is C19H17NO4. The number of hydrogen-bond acceptors (Lipinski definition) is 4. The first-order valence-corrected chi connectivity index (χ1v) is 7.80. The molecular weight excluding hydrogens is 306 g/mol. The molecule has 1 amide bonds. The molecule has 0 unspecified atom stereocenters. The zero-order valence-electron chi connectivity index (χ0n) is 13.5. The van der Waals surface area contributed by atoms with Crippen LogP contribution < -0.4 is 9.47 Å². The summed E-state index contributed by atoms with van der Waals surface area (Å²) in [7, 11) is 3.21. The minimum absolute atomic E-state index is 0.0158. The molecule has 5 nitrogen and oxygen atoms in total. The minimum atomic E-state index is -0.849. The molecule has 24 heavy (non-hydrogen) atoms. The number of amides is 1. The highest BCUT2D eigenvalue weighted by Gasteiger charge is 2.45. The Morgan fingerprint density at radius 2 is 1.71 bits per heavy atom. The average Bonchev–Trinajstić information content (AvgIpc) is 2.89. The molecule has 1 spiro atoms. The Kier molecular flexibility index (Phi) is 3.13. The summed E-state index contributed by atoms with van der Waals surface area (Å²) < 4.78 is 10.8. The van der Waals surface area contributed by atoms with Gasteiger partial charge in [0, 0.05) is 17.8 Å². The number of allylic oxidation sites excluding steroid dienone is 2. The number of carbonyl (C=O) groups is 2. The summed E-state index contributed by atoms with van der Waals surface area (Å²) in [5.41, 5.74) is 2.12. The number of fused-ring (bicyclic) bond motifs is 3. The summed E-state index contributed by atoms with van der Waals surface area (Å²) in [4.78, 5) is 26.1. The molecule has 0 fully saturated rings. The third-order valence-corrected chi connectivity index (χ3v) is 4.82. The molecule has 3 aliphatic rings. The molecule has 1 aromatic rings. The SMILES string of the molecule is COc1cc2c(cc1OC)C1=CC3(C=CC(=O)C=C3)C(=O)N1CC2. The second-order valence-electron chi connectivity index (χ2n) is 6.10. The fourth-order valence-electron chi connectivity index (χ4n) is 3.54. The Morgan fingerprint density at radius 1 is 1.04 bits per heavy atom. The second kappa shape index (κ2) is 5.09. The standard InChI is InChI=1S/C19H17NO4/c1-23-16-9-12-5-8-20-15(14(12)10-17(16)24-2)11-19(18(20)22)6-3-13(21)4-7-19/h3-4,6-7,9-11H,5,8H2,1-2H3. The molecule has 0 bridgehead atoms. The van der Waals surface area contributed by atoms with E-state index < -0.39 is 5.41 Å². The van der Waals surface area contributed by atoms with Gasteiger partial charge in [0.1, 0.15) is 5.41 Å². The van der Waals surface area contributed by atoms with Crippen LogP contribution in [0, 0.1) is 5.41 Å². The van der Waals surface area contributed by atoms with Gasteiger partial charge in [-0.25, -0.2) is 0 Å². The molecule has 1 aromatic carbocycles. The molecule has 0 N–H and O–H groups in total. The molecule has 0 radical (unpaired) electrons. The van der Waals surface area contributed by atoms with Crippen molar-refractivity contribution in [3.8, 4) is 11.5 Å². The summed E-state index contributed by atoms with van der Waals surface area (Å²) >= 11 is 0. The van der Waals surface area contributed by atoms with Gasteiger partial charge in [0.05, 0.1) is 14.2 Å². The van der Waals surface area contributed by atoms with Crippen molar-refractivity contribution in [1.29, 1.82) is 0 Å². The van der Waals surface area contributed by atoms with Gasteiger partial charge in [-0.15, -0.1) is 0 Å². The molecule has 0 saturated heterocycles. The van der Waals surface area contributed by atoms with Crippen molar-refractivity contribution in [2.45, 2.75) is 6.42 Å². The predicted molar refractivity (Wildman–Crippen MR) is 88.7 cm³/mol. The van der Waals surface area contributed by atoms with E-state index in [0.29, 0.717) is 18.0 Å². The number of rotatable bonds is 2. The smallest absolute Gasteiger partial charge is 0.244 e. The van der Waals surface area contributed by atoms with Crippen molar-refractivity contribution in [3.05, 3.63) is 53.6 Å². The van der Waals surface area contributed by atoms with Crippen LogP contribution >= 0.6 is 0 Å². The number of nitrogens with zero attached hydrogens (tertiary/aromatic N) is 1. The monoisotopic (exact) mass is 323 g/mol. The molecule has 2 heterocycles. The van der Waals surface area contributed by atoms with Crippen LogP contribution in [0.1, 0.15) is 11.1 Å². The second-order valence-corrected chi connectivity index (χ2v) is 6.10. The van der Waals surface area contributed by atoms with E-state index in [-0.39, 0.29) is 11.7 Å². The van der Waals surface area contributed by atoms with E-state index in [9.17, 15) is 9.59 Å². The van der Waals surface area contributed by atoms with Crippen LogP contribution in [0.25, 0.3) is 5.70 Å². The van der Waals surface area contributed by atoms with Gasteiger partial charge in [-0.05, 0) is 42.3 Å². The molecule has 1 aliphatic carbocycles. The quantitative estimate of drug-likeness (QED) is 0.836. The van der Waals surface area contributed by atoms with Crippen LogP contribution in [-0.2, 0) is 16.0 Å². The van der Waals surface area contributed by atoms with E-state index in [2.05, 4.69) is 0 Å². The van der Waals surface area contributed by atoms with Gasteiger partial charge in [-0.1, -0.05) is 12.2 Å². The van der Waals surface area contributed by atoms with E-state index in [1.54, 1.807) is 31.3 Å². The Bertz CT molecular complexity index is 831. The molecule has 0 saturated carbocycles. The minimum Gasteiger partial charge on any atom is -0.493 e. The van der Waals surface area contributed by atoms with Crippen molar-refractivity contribution < 1.29 is 19.1 Å². The summed E-state index contributed by atoms with van der Waals surface area (Å²) in [5, 5.41) is 0. The highest BCUT2D eigenvalue weighted by molar-refractivity contribution is 6.08. The number of methoxy groups -OCH3 is 2. The normalized spacial score (nSPS) is 20.1. The Balaban J connectivity index is 1.86. The average molecular weight is 323 g/mol. The Hall–Kier alpha value is -2.82. The number of ketones is 1. The number of hydrogen-bond donors (Lipinski definition) is 0. The van der Waals surface area contributed by atoms with Gasteiger partial charge in [0.15, 0.2) is 17.3 Å². The summed E-state index contributed by atoms with van der Waals surface area (Å²) in [6, 6.07) is 3.89. The number of carbonyl (C=O) groups excluding carboxylic acids is 2. The van der Waals surface area contributed by atoms with Gasteiger partial charge in [-0.3, -0.25) is 9.59 Å². The van der Waals surface area contributed by atoms with Crippen molar-refractivity contribution in [3.63, 3.8) is 0 Å². The molecule has 2 aliphatic heterocycles. The van der Waals surface area contributed by atoms with Crippen LogP contribution in [0.3, 0.4) is 0 Å². The van der Waals surface area contributed by atoms with Crippen LogP contribution in [0.2, 0.25) is 0 Å². The first kappa shape index (κ1) is 14.8. The number of benzene rings is 1. The Labute approximate surface area is 139 Å². The van der Waals surface area contributed by atoms with Crippen LogP contribution in [0.5, 0.6) is 11.5 Å². The topological polar surface area (TPSA) is 55.8 Å². The third kappa shape index (κ3) is 1.94. The first-order valence-electron chi connectivity index (χ1n) is 7.80. The maximum absolute atomic E-state index is 12.9. The molecule has 0 atom stereocenters. The maximum Gasteiger partial charge on any atom is 0.244 e. The Morgan fingerprint density at radius 3 is 2.38 bits per heavy atom. The maximum atomic E-state index is 12.9. The molecule has 4 rings (SSSR count). The van der Waals surface area contributed by atoms with Gasteiger partial charge in [0.25, 0.3) is 0 Å². The summed E-state index contributed by atoms with van der Waals surface area (Å²) in [6.45, 7) is 0.616. The zero-order valence-corrected chi connectivity index (χ0v) is 13.5. The van der Waals surface area contributed by atoms with Gasteiger partial charge < -0.3 is 14.4 Å². The van der Waals surface area contributed by atoms with Crippen LogP contribution in [0.15, 0.2) is 42.5 Å². The van der Waals surface area contributed by atoms with Crippen molar-refractivity contribution in [1.82, 2.24) is 4.90 Å². The van der Waals surface area contributed by atoms with E-state index in [0.717, 1.165) is 23.2 Å². The van der Waals surface area contributed by atoms with Gasteiger partial charge in [0.2, 0.25) is 5.91 Å². The lowest BCUT2D eigenvalue weighted by atomic mass is 9.84. The van der Waals surface area contributed by atoms with Crippen molar-refractivity contribution in [2.75, 3.05) is 20.8 Å². The van der Waals surface area contributed by atoms with E-state index in [4.69, 9.17) is 9.47 Å². The third-order valence-electron chi connectivity index (χ3n) is 4.82. The molecule has 122 valence electrons. The van der Waals surface area contributed by atoms with E-state index in [1.807, 2.05) is 18.2 Å². The molecule has 0 aromatic heterocycles. The molecule has 5 heteroatoms. The summed E-state index contributed by atoms with van der Waals surface area (Å²) in [6.07, 6.45) is 8.97. The zero-order chi connectivity index (χ0) is 16.9. The highest BCUT2D eigenvalue weighted by atomic mass is 16.5. The van der Waals surface area contributed by atoms with Crippen molar-refractivity contribution in [2.24, 2.45) is 5.41 Å². The lowest BCUT2D eigenvalue weighted by Gasteiger charge is -2.30. The first-order chi connectivity index (χ1) is 11.6. The van der Waals surface area contributed by atoms with E-state index in [1.165, 1.54) is 12.2 Å².